The van der Waals surface area contributed by atoms with Crippen LogP contribution in [0.1, 0.15) is 82.1 Å². The lowest BCUT2D eigenvalue weighted by atomic mass is 9.59. The highest BCUT2D eigenvalue weighted by Gasteiger charge is 2.39. The van der Waals surface area contributed by atoms with Crippen molar-refractivity contribution in [2.24, 2.45) is 40.9 Å². The van der Waals surface area contributed by atoms with Crippen LogP contribution in [-0.4, -0.2) is 0 Å². The zero-order valence-electron chi connectivity index (χ0n) is 15.4. The van der Waals surface area contributed by atoms with Crippen LogP contribution in [0, 0.1) is 40.9 Å². The Labute approximate surface area is 123 Å². The molecule has 0 heterocycles. The summed E-state index contributed by atoms with van der Waals surface area (Å²) in [6, 6.07) is 0. The van der Waals surface area contributed by atoms with Gasteiger partial charge in [0, 0.05) is 0 Å². The molecule has 0 aromatic rings. The highest BCUT2D eigenvalue weighted by Crippen LogP contribution is 2.46. The zero-order chi connectivity index (χ0) is 15.4. The van der Waals surface area contributed by atoms with Crippen LogP contribution < -0.4 is 0 Å². The molecule has 0 rings (SSSR count). The molecule has 116 valence electrons. The molecule has 0 aromatic heterocycles. The summed E-state index contributed by atoms with van der Waals surface area (Å²) in [4.78, 5) is 0. The van der Waals surface area contributed by atoms with Gasteiger partial charge in [-0.3, -0.25) is 0 Å². The van der Waals surface area contributed by atoms with Crippen molar-refractivity contribution in [2.45, 2.75) is 82.1 Å². The Balaban J connectivity index is 5.38. The predicted molar refractivity (Wildman–Crippen MR) is 89.3 cm³/mol. The maximum atomic E-state index is 2.51. The molecule has 0 spiro atoms. The quantitative estimate of drug-likeness (QED) is 0.462. The minimum Gasteiger partial charge on any atom is -0.0651 e. The highest BCUT2D eigenvalue weighted by atomic mass is 14.4. The first-order chi connectivity index (χ1) is 8.60. The summed E-state index contributed by atoms with van der Waals surface area (Å²) in [6.45, 7) is 24.3. The zero-order valence-corrected chi connectivity index (χ0v) is 15.4. The van der Waals surface area contributed by atoms with E-state index in [9.17, 15) is 0 Å². The number of hydrogen-bond acceptors (Lipinski definition) is 0. The summed E-state index contributed by atoms with van der Waals surface area (Å²) >= 11 is 0. The Hall–Kier alpha value is 0. The Morgan fingerprint density at radius 2 is 1.16 bits per heavy atom. The van der Waals surface area contributed by atoms with Crippen molar-refractivity contribution in [1.82, 2.24) is 0 Å². The molecule has 0 amide bonds. The first kappa shape index (κ1) is 19.0. The van der Waals surface area contributed by atoms with Gasteiger partial charge in [-0.2, -0.15) is 0 Å². The average Bonchev–Trinajstić information content (AvgIpc) is 2.32. The molecule has 0 bridgehead atoms. The lowest BCUT2D eigenvalue weighted by Gasteiger charge is -2.46. The van der Waals surface area contributed by atoms with Gasteiger partial charge in [-0.15, -0.1) is 0 Å². The van der Waals surface area contributed by atoms with E-state index < -0.39 is 0 Å². The van der Waals surface area contributed by atoms with Gasteiger partial charge in [0.2, 0.25) is 0 Å². The molecule has 0 aliphatic carbocycles. The molecule has 0 aromatic carbocycles. The van der Waals surface area contributed by atoms with E-state index in [1.165, 1.54) is 12.8 Å². The fourth-order valence-corrected chi connectivity index (χ4v) is 3.95. The third-order valence-corrected chi connectivity index (χ3v) is 6.01. The fraction of sp³-hybridized carbons (Fsp3) is 1.00. The molecule has 0 radical (unpaired) electrons. The van der Waals surface area contributed by atoms with Gasteiger partial charge in [0.05, 0.1) is 0 Å². The highest BCUT2D eigenvalue weighted by molar-refractivity contribution is 4.88. The van der Waals surface area contributed by atoms with Crippen LogP contribution in [0.15, 0.2) is 0 Å². The summed E-state index contributed by atoms with van der Waals surface area (Å²) in [7, 11) is 0. The molecule has 0 aliphatic rings. The molecule has 4 unspecified atom stereocenters. The second kappa shape index (κ2) is 7.70. The van der Waals surface area contributed by atoms with Gasteiger partial charge in [-0.25, -0.2) is 0 Å². The van der Waals surface area contributed by atoms with Crippen LogP contribution >= 0.6 is 0 Å². The minimum atomic E-state index is 0.454. The van der Waals surface area contributed by atoms with Gasteiger partial charge in [0.1, 0.15) is 0 Å². The SMILES string of the molecule is CCC(C)C(C(C)C)C(C(C)C)C(C)C(C)(C)CC. The Bertz CT molecular complexity index is 236. The second-order valence-electron chi connectivity index (χ2n) is 8.16. The third-order valence-electron chi connectivity index (χ3n) is 6.01. The Kier molecular flexibility index (Phi) is 7.70. The van der Waals surface area contributed by atoms with E-state index in [0.29, 0.717) is 5.41 Å². The summed E-state index contributed by atoms with van der Waals surface area (Å²) in [5, 5.41) is 0. The van der Waals surface area contributed by atoms with Crippen molar-refractivity contribution < 1.29 is 0 Å². The molecular weight excluding hydrogens is 228 g/mol. The molecule has 0 aliphatic heterocycles. The van der Waals surface area contributed by atoms with Crippen molar-refractivity contribution in [2.75, 3.05) is 0 Å². The van der Waals surface area contributed by atoms with E-state index in [0.717, 1.165) is 35.5 Å². The molecule has 0 heteroatoms. The van der Waals surface area contributed by atoms with Crippen LogP contribution in [0.2, 0.25) is 0 Å². The largest absolute Gasteiger partial charge is 0.0651 e. The minimum absolute atomic E-state index is 0.454. The molecule has 0 nitrogen and oxygen atoms in total. The van der Waals surface area contributed by atoms with Crippen molar-refractivity contribution in [3.8, 4) is 0 Å². The first-order valence-corrected chi connectivity index (χ1v) is 8.60. The molecule has 0 saturated heterocycles. The van der Waals surface area contributed by atoms with E-state index >= 15 is 0 Å². The van der Waals surface area contributed by atoms with Crippen LogP contribution in [0.3, 0.4) is 0 Å². The van der Waals surface area contributed by atoms with Crippen molar-refractivity contribution in [3.05, 3.63) is 0 Å². The van der Waals surface area contributed by atoms with Gasteiger partial charge in [0.15, 0.2) is 0 Å². The van der Waals surface area contributed by atoms with Gasteiger partial charge in [-0.05, 0) is 40.9 Å². The van der Waals surface area contributed by atoms with Crippen LogP contribution in [-0.2, 0) is 0 Å². The van der Waals surface area contributed by atoms with E-state index in [1.54, 1.807) is 0 Å². The van der Waals surface area contributed by atoms with Gasteiger partial charge < -0.3 is 0 Å². The monoisotopic (exact) mass is 268 g/mol. The maximum Gasteiger partial charge on any atom is -0.0327 e. The standard InChI is InChI=1S/C19H40/c1-11-15(7)17(13(3)4)18(14(5)6)16(8)19(9,10)12-2/h13-18H,11-12H2,1-10H3. The van der Waals surface area contributed by atoms with Crippen LogP contribution in [0.4, 0.5) is 0 Å². The van der Waals surface area contributed by atoms with Crippen molar-refractivity contribution in [1.29, 1.82) is 0 Å². The molecule has 19 heavy (non-hydrogen) atoms. The van der Waals surface area contributed by atoms with Crippen molar-refractivity contribution in [3.63, 3.8) is 0 Å². The van der Waals surface area contributed by atoms with E-state index in [1.807, 2.05) is 0 Å². The Morgan fingerprint density at radius 3 is 1.42 bits per heavy atom. The smallest absolute Gasteiger partial charge is 0.0327 e. The average molecular weight is 269 g/mol. The molecule has 0 saturated carbocycles. The van der Waals surface area contributed by atoms with Gasteiger partial charge in [0.25, 0.3) is 0 Å². The summed E-state index contributed by atoms with van der Waals surface area (Å²) in [5.41, 5.74) is 0.454. The van der Waals surface area contributed by atoms with Crippen LogP contribution in [0.25, 0.3) is 0 Å². The second-order valence-corrected chi connectivity index (χ2v) is 8.16. The molecule has 0 fully saturated rings. The predicted octanol–water partition coefficient (Wildman–Crippen LogP) is 6.65. The summed E-state index contributed by atoms with van der Waals surface area (Å²) < 4.78 is 0. The first-order valence-electron chi connectivity index (χ1n) is 8.60. The maximum absolute atomic E-state index is 2.51. The summed E-state index contributed by atoms with van der Waals surface area (Å²) in [6.07, 6.45) is 2.59. The van der Waals surface area contributed by atoms with Gasteiger partial charge >= 0.3 is 0 Å². The fourth-order valence-electron chi connectivity index (χ4n) is 3.95. The van der Waals surface area contributed by atoms with E-state index in [-0.39, 0.29) is 0 Å². The Morgan fingerprint density at radius 1 is 0.737 bits per heavy atom. The van der Waals surface area contributed by atoms with Gasteiger partial charge in [-0.1, -0.05) is 82.1 Å². The third kappa shape index (κ3) is 4.80. The van der Waals surface area contributed by atoms with E-state index in [2.05, 4.69) is 69.2 Å². The molecule has 4 atom stereocenters. The molecule has 0 N–H and O–H groups in total. The lowest BCUT2D eigenvalue weighted by molar-refractivity contribution is 0.0255. The molecular formula is C19H40. The van der Waals surface area contributed by atoms with E-state index in [4.69, 9.17) is 0 Å². The number of rotatable bonds is 8. The topological polar surface area (TPSA) is 0 Å². The normalized spacial score (nSPS) is 19.6. The van der Waals surface area contributed by atoms with Crippen molar-refractivity contribution >= 4 is 0 Å². The number of hydrogen-bond donors (Lipinski definition) is 0. The lowest BCUT2D eigenvalue weighted by Crippen LogP contribution is -2.40. The summed E-state index contributed by atoms with van der Waals surface area (Å²) in [5.74, 6) is 4.89. The van der Waals surface area contributed by atoms with Crippen LogP contribution in [0.5, 0.6) is 0 Å².